The zero-order valence-electron chi connectivity index (χ0n) is 12.1. The van der Waals surface area contributed by atoms with E-state index < -0.39 is 18.9 Å². The number of carbonyl (C=O) groups is 1. The Bertz CT molecular complexity index is 438. The average molecular weight is 285 g/mol. The smallest absolute Gasteiger partial charge is 0.255 e. The van der Waals surface area contributed by atoms with Gasteiger partial charge in [-0.05, 0) is 23.1 Å². The van der Waals surface area contributed by atoms with E-state index in [-0.39, 0.29) is 18.6 Å². The Balaban J connectivity index is 2.89. The summed E-state index contributed by atoms with van der Waals surface area (Å²) in [6.45, 7) is 5.07. The van der Waals surface area contributed by atoms with E-state index in [9.17, 15) is 13.6 Å². The third-order valence-corrected chi connectivity index (χ3v) is 3.01. The number of nitrogens with zero attached hydrogens (tertiary/aromatic N) is 1. The number of rotatable bonds is 5. The van der Waals surface area contributed by atoms with Crippen molar-refractivity contribution in [2.75, 3.05) is 19.7 Å². The van der Waals surface area contributed by atoms with Gasteiger partial charge in [-0.25, -0.2) is 8.78 Å². The monoisotopic (exact) mass is 285 g/mol. The number of aliphatic hydroxyl groups is 1. The minimum atomic E-state index is -2.61. The summed E-state index contributed by atoms with van der Waals surface area (Å²) < 4.78 is 24.9. The van der Waals surface area contributed by atoms with Crippen LogP contribution in [0.15, 0.2) is 24.3 Å². The van der Waals surface area contributed by atoms with E-state index in [1.807, 2.05) is 12.1 Å². The number of halogens is 2. The maximum Gasteiger partial charge on any atom is 0.255 e. The minimum Gasteiger partial charge on any atom is -0.395 e. The van der Waals surface area contributed by atoms with Crippen LogP contribution in [0.3, 0.4) is 0 Å². The molecule has 0 atom stereocenters. The van der Waals surface area contributed by atoms with Crippen molar-refractivity contribution >= 4 is 5.91 Å². The van der Waals surface area contributed by atoms with Gasteiger partial charge in [0.1, 0.15) is 0 Å². The molecule has 0 radical (unpaired) electrons. The molecule has 0 saturated carbocycles. The lowest BCUT2D eigenvalue weighted by molar-refractivity contribution is 0.0509. The van der Waals surface area contributed by atoms with E-state index in [1.165, 1.54) is 0 Å². The van der Waals surface area contributed by atoms with Crippen LogP contribution in [0, 0.1) is 0 Å². The molecule has 0 fully saturated rings. The predicted octanol–water partition coefficient (Wildman–Crippen LogP) is 2.68. The molecule has 0 aromatic heterocycles. The third kappa shape index (κ3) is 4.56. The molecule has 0 heterocycles. The first-order valence-corrected chi connectivity index (χ1v) is 6.54. The second-order valence-electron chi connectivity index (χ2n) is 5.69. The van der Waals surface area contributed by atoms with Crippen molar-refractivity contribution < 1.29 is 18.7 Å². The standard InChI is InChI=1S/C15H21F2NO2/c1-15(2,3)12-6-4-11(5-7-12)14(20)18(8-9-19)10-13(16)17/h4-7,13,19H,8-10H2,1-3H3. The lowest BCUT2D eigenvalue weighted by Crippen LogP contribution is -2.37. The predicted molar refractivity (Wildman–Crippen MR) is 74.1 cm³/mol. The molecule has 0 bridgehead atoms. The molecule has 0 aliphatic rings. The second-order valence-corrected chi connectivity index (χ2v) is 5.69. The molecule has 20 heavy (non-hydrogen) atoms. The van der Waals surface area contributed by atoms with Gasteiger partial charge in [0.2, 0.25) is 0 Å². The summed E-state index contributed by atoms with van der Waals surface area (Å²) >= 11 is 0. The zero-order valence-corrected chi connectivity index (χ0v) is 12.1. The molecule has 1 N–H and O–H groups in total. The van der Waals surface area contributed by atoms with Crippen molar-refractivity contribution in [2.24, 2.45) is 0 Å². The van der Waals surface area contributed by atoms with Gasteiger partial charge in [-0.3, -0.25) is 4.79 Å². The SMILES string of the molecule is CC(C)(C)c1ccc(C(=O)N(CCO)CC(F)F)cc1. The molecule has 5 heteroatoms. The van der Waals surface area contributed by atoms with Crippen LogP contribution in [0.4, 0.5) is 8.78 Å². The summed E-state index contributed by atoms with van der Waals surface area (Å²) in [4.78, 5) is 13.1. The van der Waals surface area contributed by atoms with Crippen LogP contribution in [-0.4, -0.2) is 42.0 Å². The molecular formula is C15H21F2NO2. The van der Waals surface area contributed by atoms with Crippen LogP contribution >= 0.6 is 0 Å². The summed E-state index contributed by atoms with van der Waals surface area (Å²) in [7, 11) is 0. The van der Waals surface area contributed by atoms with E-state index in [1.54, 1.807) is 12.1 Å². The summed E-state index contributed by atoms with van der Waals surface area (Å²) in [5, 5.41) is 8.86. The van der Waals surface area contributed by atoms with Crippen molar-refractivity contribution in [2.45, 2.75) is 32.6 Å². The van der Waals surface area contributed by atoms with Gasteiger partial charge in [-0.2, -0.15) is 0 Å². The van der Waals surface area contributed by atoms with Crippen molar-refractivity contribution in [3.63, 3.8) is 0 Å². The highest BCUT2D eigenvalue weighted by Crippen LogP contribution is 2.22. The highest BCUT2D eigenvalue weighted by molar-refractivity contribution is 5.94. The second kappa shape index (κ2) is 6.79. The molecule has 1 aromatic rings. The summed E-state index contributed by atoms with van der Waals surface area (Å²) in [6.07, 6.45) is -2.61. The third-order valence-electron chi connectivity index (χ3n) is 3.01. The van der Waals surface area contributed by atoms with Gasteiger partial charge in [0.25, 0.3) is 12.3 Å². The lowest BCUT2D eigenvalue weighted by Gasteiger charge is -2.22. The summed E-state index contributed by atoms with van der Waals surface area (Å²) in [5.74, 6) is -0.486. The molecule has 3 nitrogen and oxygen atoms in total. The van der Waals surface area contributed by atoms with Gasteiger partial charge in [0.15, 0.2) is 0 Å². The topological polar surface area (TPSA) is 40.5 Å². The van der Waals surface area contributed by atoms with Gasteiger partial charge in [-0.1, -0.05) is 32.9 Å². The number of carbonyl (C=O) groups excluding carboxylic acids is 1. The Morgan fingerprint density at radius 2 is 1.80 bits per heavy atom. The van der Waals surface area contributed by atoms with Crippen molar-refractivity contribution in [3.8, 4) is 0 Å². The Hall–Kier alpha value is -1.49. The largest absolute Gasteiger partial charge is 0.395 e. The molecule has 1 aromatic carbocycles. The van der Waals surface area contributed by atoms with Crippen molar-refractivity contribution in [1.82, 2.24) is 4.90 Å². The first kappa shape index (κ1) is 16.6. The zero-order chi connectivity index (χ0) is 15.3. The fourth-order valence-corrected chi connectivity index (χ4v) is 1.86. The maximum absolute atomic E-state index is 12.4. The van der Waals surface area contributed by atoms with Gasteiger partial charge in [0.05, 0.1) is 13.2 Å². The molecule has 0 spiro atoms. The average Bonchev–Trinajstić information content (AvgIpc) is 2.36. The first-order chi connectivity index (χ1) is 9.25. The number of benzene rings is 1. The van der Waals surface area contributed by atoms with E-state index in [2.05, 4.69) is 20.8 Å². The Morgan fingerprint density at radius 3 is 2.20 bits per heavy atom. The highest BCUT2D eigenvalue weighted by Gasteiger charge is 2.20. The number of hydrogen-bond donors (Lipinski definition) is 1. The summed E-state index contributed by atoms with van der Waals surface area (Å²) in [6, 6.07) is 6.93. The molecule has 0 unspecified atom stereocenters. The van der Waals surface area contributed by atoms with Gasteiger partial charge < -0.3 is 10.0 Å². The van der Waals surface area contributed by atoms with Crippen LogP contribution in [0.5, 0.6) is 0 Å². The quantitative estimate of drug-likeness (QED) is 0.903. The van der Waals surface area contributed by atoms with Crippen molar-refractivity contribution in [1.29, 1.82) is 0 Å². The van der Waals surface area contributed by atoms with Crippen LogP contribution in [-0.2, 0) is 5.41 Å². The molecule has 1 rings (SSSR count). The molecule has 1 amide bonds. The van der Waals surface area contributed by atoms with Crippen molar-refractivity contribution in [3.05, 3.63) is 35.4 Å². The van der Waals surface area contributed by atoms with Crippen LogP contribution in [0.25, 0.3) is 0 Å². The minimum absolute atomic E-state index is 0.0324. The molecule has 0 saturated heterocycles. The van der Waals surface area contributed by atoms with Crippen LogP contribution in [0.2, 0.25) is 0 Å². The molecule has 0 aliphatic heterocycles. The number of alkyl halides is 2. The normalized spacial score (nSPS) is 11.8. The van der Waals surface area contributed by atoms with Gasteiger partial charge >= 0.3 is 0 Å². The van der Waals surface area contributed by atoms with Gasteiger partial charge in [-0.15, -0.1) is 0 Å². The number of amides is 1. The first-order valence-electron chi connectivity index (χ1n) is 6.54. The van der Waals surface area contributed by atoms with E-state index in [4.69, 9.17) is 5.11 Å². The van der Waals surface area contributed by atoms with E-state index in [0.29, 0.717) is 5.56 Å². The number of aliphatic hydroxyl groups excluding tert-OH is 1. The Kier molecular flexibility index (Phi) is 5.62. The molecular weight excluding hydrogens is 264 g/mol. The number of hydrogen-bond acceptors (Lipinski definition) is 2. The Labute approximate surface area is 118 Å². The van der Waals surface area contributed by atoms with Crippen LogP contribution < -0.4 is 0 Å². The summed E-state index contributed by atoms with van der Waals surface area (Å²) in [5.41, 5.74) is 1.39. The van der Waals surface area contributed by atoms with Gasteiger partial charge in [0, 0.05) is 12.1 Å². The molecule has 0 aliphatic carbocycles. The van der Waals surface area contributed by atoms with E-state index >= 15 is 0 Å². The highest BCUT2D eigenvalue weighted by atomic mass is 19.3. The Morgan fingerprint density at radius 1 is 1.25 bits per heavy atom. The molecule has 112 valence electrons. The fourth-order valence-electron chi connectivity index (χ4n) is 1.86. The van der Waals surface area contributed by atoms with E-state index in [0.717, 1.165) is 10.5 Å². The fraction of sp³-hybridized carbons (Fsp3) is 0.533. The maximum atomic E-state index is 12.4. The lowest BCUT2D eigenvalue weighted by atomic mass is 9.86. The van der Waals surface area contributed by atoms with Crippen LogP contribution in [0.1, 0.15) is 36.7 Å².